The van der Waals surface area contributed by atoms with Gasteiger partial charge in [-0.25, -0.2) is 4.79 Å². The minimum atomic E-state index is -1.51. The van der Waals surface area contributed by atoms with Gasteiger partial charge >= 0.3 is 17.9 Å². The van der Waals surface area contributed by atoms with Crippen molar-refractivity contribution in [1.82, 2.24) is 0 Å². The number of quaternary nitrogens is 1. The van der Waals surface area contributed by atoms with Crippen molar-refractivity contribution in [3.8, 4) is 0 Å². The third kappa shape index (κ3) is 79.7. The molecule has 0 aromatic heterocycles. The normalized spacial score (nSPS) is 13.0. The lowest BCUT2D eigenvalue weighted by atomic mass is 10.0. The Balaban J connectivity index is 3.94. The third-order valence-electron chi connectivity index (χ3n) is 18.6. The number of allylic oxidation sites excluding steroid dienone is 14. The Morgan fingerprint density at radius 3 is 0.876 bits per heavy atom. The number of carbonyl (C=O) groups excluding carboxylic acids is 2. The lowest BCUT2D eigenvalue weighted by Gasteiger charge is -2.25. The van der Waals surface area contributed by atoms with Gasteiger partial charge in [-0.15, -0.1) is 0 Å². The molecule has 9 nitrogen and oxygen atoms in total. The Labute approximate surface area is 601 Å². The minimum Gasteiger partial charge on any atom is -0.477 e. The molecule has 0 aromatic carbocycles. The van der Waals surface area contributed by atoms with Gasteiger partial charge in [-0.1, -0.05) is 381 Å². The van der Waals surface area contributed by atoms with Crippen LogP contribution in [0.15, 0.2) is 85.1 Å². The van der Waals surface area contributed by atoms with Gasteiger partial charge in [0.1, 0.15) is 13.2 Å². The van der Waals surface area contributed by atoms with E-state index in [0.29, 0.717) is 17.4 Å². The summed E-state index contributed by atoms with van der Waals surface area (Å²) in [5, 5.41) is 9.78. The number of esters is 2. The largest absolute Gasteiger partial charge is 0.477 e. The zero-order chi connectivity index (χ0) is 70.4. The fraction of sp³-hybridized carbons (Fsp3) is 0.807. The van der Waals surface area contributed by atoms with Crippen molar-refractivity contribution in [2.75, 3.05) is 47.5 Å². The van der Waals surface area contributed by atoms with Crippen LogP contribution in [0.3, 0.4) is 0 Å². The van der Waals surface area contributed by atoms with E-state index >= 15 is 0 Å². The number of ether oxygens (including phenoxy) is 4. The number of hydrogen-bond acceptors (Lipinski definition) is 7. The first-order valence-electron chi connectivity index (χ1n) is 41.8. The quantitative estimate of drug-likeness (QED) is 0.0211. The predicted octanol–water partition coefficient (Wildman–Crippen LogP) is 26.9. The van der Waals surface area contributed by atoms with Crippen LogP contribution in [0.1, 0.15) is 399 Å². The lowest BCUT2D eigenvalue weighted by Crippen LogP contribution is -2.40. The van der Waals surface area contributed by atoms with Crippen molar-refractivity contribution >= 4 is 17.9 Å². The van der Waals surface area contributed by atoms with Gasteiger partial charge < -0.3 is 28.5 Å². The molecule has 0 aliphatic rings. The first kappa shape index (κ1) is 93.5. The summed E-state index contributed by atoms with van der Waals surface area (Å²) in [7, 11) is 6.00. The summed E-state index contributed by atoms with van der Waals surface area (Å²) in [6.45, 7) is 4.81. The third-order valence-corrected chi connectivity index (χ3v) is 18.6. The van der Waals surface area contributed by atoms with Crippen molar-refractivity contribution in [2.24, 2.45) is 0 Å². The fourth-order valence-corrected chi connectivity index (χ4v) is 12.3. The molecule has 0 aromatic rings. The number of hydrogen-bond donors (Lipinski definition) is 1. The topological polar surface area (TPSA) is 108 Å². The molecule has 9 heteroatoms. The maximum atomic E-state index is 13.0. The van der Waals surface area contributed by atoms with Gasteiger partial charge in [0.15, 0.2) is 6.10 Å². The molecular weight excluding hydrogens is 1200 g/mol. The summed E-state index contributed by atoms with van der Waals surface area (Å²) in [6.07, 6.45) is 105. The number of carboxylic acid groups (broad SMARTS) is 1. The van der Waals surface area contributed by atoms with Gasteiger partial charge in [0.05, 0.1) is 34.4 Å². The summed E-state index contributed by atoms with van der Waals surface area (Å²) in [4.78, 5) is 37.8. The van der Waals surface area contributed by atoms with E-state index in [1.165, 1.54) is 295 Å². The van der Waals surface area contributed by atoms with Crippen LogP contribution in [0.4, 0.5) is 0 Å². The van der Waals surface area contributed by atoms with E-state index in [1.807, 2.05) is 21.1 Å². The predicted molar refractivity (Wildman–Crippen MR) is 419 cm³/mol. The Kier molecular flexibility index (Phi) is 75.3. The molecule has 0 saturated carbocycles. The summed E-state index contributed by atoms with van der Waals surface area (Å²) in [5.74, 6) is -1.98. The zero-order valence-electron chi connectivity index (χ0n) is 64.7. The molecule has 0 aliphatic carbocycles. The average molecular weight is 1360 g/mol. The Bertz CT molecular complexity index is 1870. The monoisotopic (exact) mass is 1360 g/mol. The summed E-state index contributed by atoms with van der Waals surface area (Å²) >= 11 is 0. The number of unbranched alkanes of at least 4 members (excludes halogenated alkanes) is 49. The SMILES string of the molecule is CC/C=C\C/C=C\C/C=C\C/C=C\CCCCCCCCCCCCCCCCCCCCC(=O)OC(COC(=O)CCCCCCCCCCCCCCCCCCCCCCCCCCCC/C=C\C/C=C\C/C=C\CCCCCCC)COC(OCC[N+](C)(C)C)C(=O)O. The van der Waals surface area contributed by atoms with Crippen molar-refractivity contribution in [3.05, 3.63) is 85.1 Å². The van der Waals surface area contributed by atoms with E-state index in [1.54, 1.807) is 0 Å². The van der Waals surface area contributed by atoms with E-state index < -0.39 is 18.4 Å². The fourth-order valence-electron chi connectivity index (χ4n) is 12.3. The first-order valence-corrected chi connectivity index (χ1v) is 41.8. The van der Waals surface area contributed by atoms with Gasteiger partial charge in [-0.05, 0) is 89.9 Å². The second kappa shape index (κ2) is 78.2. The lowest BCUT2D eigenvalue weighted by molar-refractivity contribution is -0.870. The van der Waals surface area contributed by atoms with Crippen molar-refractivity contribution in [1.29, 1.82) is 0 Å². The van der Waals surface area contributed by atoms with Crippen LogP contribution in [0.5, 0.6) is 0 Å². The number of likely N-dealkylation sites (N-methyl/N-ethyl adjacent to an activating group) is 1. The average Bonchev–Trinajstić information content (AvgIpc) is 2.39. The molecule has 0 bridgehead atoms. The number of carbonyl (C=O) groups is 3. The summed E-state index contributed by atoms with van der Waals surface area (Å²) < 4.78 is 23.1. The van der Waals surface area contributed by atoms with Gasteiger partial charge in [-0.3, -0.25) is 9.59 Å². The van der Waals surface area contributed by atoms with Gasteiger partial charge in [0.25, 0.3) is 6.29 Å². The van der Waals surface area contributed by atoms with Crippen LogP contribution >= 0.6 is 0 Å². The van der Waals surface area contributed by atoms with Crippen LogP contribution in [0.2, 0.25) is 0 Å². The Hall–Kier alpha value is -3.53. The molecule has 564 valence electrons. The van der Waals surface area contributed by atoms with Crippen molar-refractivity contribution in [2.45, 2.75) is 411 Å². The van der Waals surface area contributed by atoms with Crippen LogP contribution < -0.4 is 0 Å². The van der Waals surface area contributed by atoms with E-state index in [0.717, 1.165) is 77.0 Å². The van der Waals surface area contributed by atoms with Crippen LogP contribution in [0.25, 0.3) is 0 Å². The Morgan fingerprint density at radius 1 is 0.320 bits per heavy atom. The zero-order valence-corrected chi connectivity index (χ0v) is 64.7. The molecule has 0 aliphatic heterocycles. The maximum Gasteiger partial charge on any atom is 0.361 e. The molecule has 2 unspecified atom stereocenters. The van der Waals surface area contributed by atoms with Gasteiger partial charge in [-0.2, -0.15) is 0 Å². The van der Waals surface area contributed by atoms with Crippen LogP contribution in [-0.4, -0.2) is 87.4 Å². The number of rotatable bonds is 78. The molecular formula is C88H160NO8+. The molecule has 0 spiro atoms. The minimum absolute atomic E-state index is 0.178. The molecule has 0 amide bonds. The maximum absolute atomic E-state index is 13.0. The molecule has 97 heavy (non-hydrogen) atoms. The highest BCUT2D eigenvalue weighted by atomic mass is 16.7. The number of carboxylic acids is 1. The van der Waals surface area contributed by atoms with Crippen LogP contribution in [0, 0.1) is 0 Å². The van der Waals surface area contributed by atoms with Gasteiger partial charge in [0, 0.05) is 12.8 Å². The molecule has 0 fully saturated rings. The van der Waals surface area contributed by atoms with E-state index in [2.05, 4.69) is 98.9 Å². The molecule has 0 radical (unpaired) electrons. The van der Waals surface area contributed by atoms with E-state index in [4.69, 9.17) is 18.9 Å². The van der Waals surface area contributed by atoms with E-state index in [-0.39, 0.29) is 38.2 Å². The standard InChI is InChI=1S/C88H159NO8/c1-6-8-10-12-14-16-18-20-22-24-26-28-30-32-34-36-38-39-40-41-42-43-44-45-46-47-49-50-52-54-56-58-60-62-64-66-68-70-72-74-76-78-85(90)95-82-84(83-96-88(87(92)93)94-81-80-89(3,4)5)97-86(91)79-77-75-73-71-69-67-65-63-61-59-57-55-53-51-48-37-35-33-31-29-27-25-23-21-19-17-15-13-11-9-7-2/h9,11,15,17-18,20-21,23-24,26-27,29-30,32,84,88H,6-8,10,12-14,16,19,22,25,28,31,33-83H2,1-5H3/p+1/b11-9-,17-15-,20-18-,23-21-,26-24-,29-27-,32-30-. The smallest absolute Gasteiger partial charge is 0.361 e. The second-order valence-corrected chi connectivity index (χ2v) is 29.4. The van der Waals surface area contributed by atoms with Gasteiger partial charge in [0.2, 0.25) is 0 Å². The summed E-state index contributed by atoms with van der Waals surface area (Å²) in [5.41, 5.74) is 0. The molecule has 0 heterocycles. The van der Waals surface area contributed by atoms with Crippen LogP contribution in [-0.2, 0) is 33.3 Å². The number of aliphatic carboxylic acids is 1. The first-order chi connectivity index (χ1) is 47.6. The Morgan fingerprint density at radius 2 is 0.588 bits per heavy atom. The highest BCUT2D eigenvalue weighted by Crippen LogP contribution is 2.20. The van der Waals surface area contributed by atoms with Crippen molar-refractivity contribution in [3.63, 3.8) is 0 Å². The molecule has 0 saturated heterocycles. The highest BCUT2D eigenvalue weighted by Gasteiger charge is 2.25. The molecule has 2 atom stereocenters. The number of nitrogens with zero attached hydrogens (tertiary/aromatic N) is 1. The highest BCUT2D eigenvalue weighted by molar-refractivity contribution is 5.71. The molecule has 1 N–H and O–H groups in total. The van der Waals surface area contributed by atoms with E-state index in [9.17, 15) is 19.5 Å². The molecule has 0 rings (SSSR count). The second-order valence-electron chi connectivity index (χ2n) is 29.4. The van der Waals surface area contributed by atoms with Crippen molar-refractivity contribution < 1.29 is 42.9 Å². The summed E-state index contributed by atoms with van der Waals surface area (Å²) in [6, 6.07) is 0.